The lowest BCUT2D eigenvalue weighted by atomic mass is 10.1. The van der Waals surface area contributed by atoms with Crippen LogP contribution in [0.15, 0.2) is 6.07 Å². The number of carbonyl (C=O) groups excluding carboxylic acids is 1. The first kappa shape index (κ1) is 12.3. The van der Waals surface area contributed by atoms with E-state index in [2.05, 4.69) is 4.57 Å². The van der Waals surface area contributed by atoms with Crippen molar-refractivity contribution < 1.29 is 4.79 Å². The van der Waals surface area contributed by atoms with Crippen molar-refractivity contribution in [1.29, 1.82) is 0 Å². The van der Waals surface area contributed by atoms with Gasteiger partial charge in [-0.15, -0.1) is 11.6 Å². The molecule has 0 N–H and O–H groups in total. The topological polar surface area (TPSA) is 22.0 Å². The number of hydrogen-bond donors (Lipinski definition) is 0. The Bertz CT molecular complexity index is 355. The summed E-state index contributed by atoms with van der Waals surface area (Å²) in [5.74, 6) is 0.876. The minimum absolute atomic E-state index is 0.237. The fraction of sp³-hybridized carbons (Fsp3) is 0.583. The summed E-state index contributed by atoms with van der Waals surface area (Å²) in [5, 5.41) is 0. The zero-order chi connectivity index (χ0) is 11.4. The molecule has 2 nitrogen and oxygen atoms in total. The number of Topliss-reactive ketones (excluding diaryl/α,β-unsaturated/α-hetero) is 1. The third-order valence-electron chi connectivity index (χ3n) is 2.86. The molecule has 15 heavy (non-hydrogen) atoms. The van der Waals surface area contributed by atoms with Crippen LogP contribution in [0, 0.1) is 13.8 Å². The van der Waals surface area contributed by atoms with Crippen LogP contribution in [0.25, 0.3) is 0 Å². The molecule has 0 aromatic carbocycles. The molecule has 1 rings (SSSR count). The lowest BCUT2D eigenvalue weighted by Crippen LogP contribution is -2.01. The van der Waals surface area contributed by atoms with Gasteiger partial charge in [-0.05, 0) is 32.8 Å². The van der Waals surface area contributed by atoms with Crippen molar-refractivity contribution in [3.05, 3.63) is 23.0 Å². The van der Waals surface area contributed by atoms with E-state index in [1.807, 2.05) is 27.0 Å². The molecule has 0 unspecified atom stereocenters. The number of alkyl halides is 1. The predicted octanol–water partition coefficient (Wildman–Crippen LogP) is 3.23. The van der Waals surface area contributed by atoms with E-state index in [4.69, 9.17) is 11.6 Å². The fourth-order valence-electron chi connectivity index (χ4n) is 1.65. The third-order valence-corrected chi connectivity index (χ3v) is 3.13. The molecule has 0 amide bonds. The van der Waals surface area contributed by atoms with E-state index in [0.717, 1.165) is 29.8 Å². The maximum absolute atomic E-state index is 11.8. The van der Waals surface area contributed by atoms with Crippen LogP contribution in [0.4, 0.5) is 0 Å². The van der Waals surface area contributed by atoms with Gasteiger partial charge in [-0.2, -0.15) is 0 Å². The summed E-state index contributed by atoms with van der Waals surface area (Å²) < 4.78 is 2.05. The number of ketones is 1. The first-order chi connectivity index (χ1) is 7.07. The zero-order valence-electron chi connectivity index (χ0n) is 9.64. The van der Waals surface area contributed by atoms with Crippen LogP contribution < -0.4 is 0 Å². The van der Waals surface area contributed by atoms with Gasteiger partial charge in [0.05, 0.1) is 0 Å². The molecule has 0 aliphatic rings. The van der Waals surface area contributed by atoms with Gasteiger partial charge in [0, 0.05) is 36.3 Å². The van der Waals surface area contributed by atoms with Crippen molar-refractivity contribution in [1.82, 2.24) is 4.57 Å². The molecule has 0 saturated carbocycles. The minimum Gasteiger partial charge on any atom is -0.351 e. The lowest BCUT2D eigenvalue weighted by molar-refractivity contribution is 0.0979. The summed E-state index contributed by atoms with van der Waals surface area (Å²) in [6, 6.07) is 1.97. The summed E-state index contributed by atoms with van der Waals surface area (Å²) in [6.45, 7) is 4.00. The Kier molecular flexibility index (Phi) is 4.40. The Morgan fingerprint density at radius 3 is 2.53 bits per heavy atom. The summed E-state index contributed by atoms with van der Waals surface area (Å²) >= 11 is 5.58. The average Bonchev–Trinajstić information content (AvgIpc) is 2.46. The first-order valence-corrected chi connectivity index (χ1v) is 5.83. The molecule has 0 bridgehead atoms. The van der Waals surface area contributed by atoms with Crippen molar-refractivity contribution in [2.75, 3.05) is 5.88 Å². The van der Waals surface area contributed by atoms with E-state index in [0.29, 0.717) is 12.3 Å². The summed E-state index contributed by atoms with van der Waals surface area (Å²) in [5.41, 5.74) is 3.06. The average molecular weight is 228 g/mol. The van der Waals surface area contributed by atoms with E-state index in [1.165, 1.54) is 0 Å². The van der Waals surface area contributed by atoms with Crippen LogP contribution in [-0.4, -0.2) is 16.2 Å². The van der Waals surface area contributed by atoms with Crippen LogP contribution in [0.3, 0.4) is 0 Å². The number of nitrogens with zero attached hydrogens (tertiary/aromatic N) is 1. The molecule has 84 valence electrons. The van der Waals surface area contributed by atoms with Gasteiger partial charge in [-0.3, -0.25) is 4.79 Å². The number of aryl methyl sites for hydroxylation is 1. The van der Waals surface area contributed by atoms with E-state index in [9.17, 15) is 4.79 Å². The Morgan fingerprint density at radius 2 is 2.07 bits per heavy atom. The van der Waals surface area contributed by atoms with Crippen molar-refractivity contribution in [2.24, 2.45) is 7.05 Å². The van der Waals surface area contributed by atoms with Crippen molar-refractivity contribution >= 4 is 17.4 Å². The molecule has 1 aromatic rings. The fourth-order valence-corrected chi connectivity index (χ4v) is 1.84. The highest BCUT2D eigenvalue weighted by Gasteiger charge is 2.12. The van der Waals surface area contributed by atoms with Gasteiger partial charge in [0.15, 0.2) is 5.78 Å². The van der Waals surface area contributed by atoms with Crippen LogP contribution in [0.1, 0.15) is 41.0 Å². The molecular formula is C12H18ClNO. The van der Waals surface area contributed by atoms with Crippen LogP contribution in [0.2, 0.25) is 0 Å². The van der Waals surface area contributed by atoms with Crippen LogP contribution >= 0.6 is 11.6 Å². The van der Waals surface area contributed by atoms with Gasteiger partial charge >= 0.3 is 0 Å². The molecule has 0 aliphatic carbocycles. The Balaban J connectivity index is 2.70. The summed E-state index contributed by atoms with van der Waals surface area (Å²) in [4.78, 5) is 11.8. The predicted molar refractivity (Wildman–Crippen MR) is 63.8 cm³/mol. The summed E-state index contributed by atoms with van der Waals surface area (Å²) in [6.07, 6.45) is 2.41. The molecule has 0 fully saturated rings. The summed E-state index contributed by atoms with van der Waals surface area (Å²) in [7, 11) is 1.99. The molecule has 3 heteroatoms. The number of halogens is 1. The highest BCUT2D eigenvalue weighted by atomic mass is 35.5. The van der Waals surface area contributed by atoms with Crippen LogP contribution in [-0.2, 0) is 7.05 Å². The highest BCUT2D eigenvalue weighted by Crippen LogP contribution is 2.16. The molecule has 0 saturated heterocycles. The maximum Gasteiger partial charge on any atom is 0.164 e. The minimum atomic E-state index is 0.237. The number of carbonyl (C=O) groups is 1. The monoisotopic (exact) mass is 227 g/mol. The molecule has 0 aliphatic heterocycles. The lowest BCUT2D eigenvalue weighted by Gasteiger charge is -2.01. The standard InChI is InChI=1S/C12H18ClNO/c1-9-8-11(10(2)14(9)3)12(15)6-4-5-7-13/h8H,4-7H2,1-3H3. The van der Waals surface area contributed by atoms with E-state index in [1.54, 1.807) is 0 Å². The second kappa shape index (κ2) is 5.36. The van der Waals surface area contributed by atoms with E-state index >= 15 is 0 Å². The largest absolute Gasteiger partial charge is 0.351 e. The molecule has 1 aromatic heterocycles. The third kappa shape index (κ3) is 2.85. The highest BCUT2D eigenvalue weighted by molar-refractivity contribution is 6.17. The molecule has 0 spiro atoms. The Morgan fingerprint density at radius 1 is 1.40 bits per heavy atom. The molecule has 0 radical (unpaired) electrons. The van der Waals surface area contributed by atoms with Gasteiger partial charge in [0.25, 0.3) is 0 Å². The smallest absolute Gasteiger partial charge is 0.164 e. The number of aromatic nitrogens is 1. The SMILES string of the molecule is Cc1cc(C(=O)CCCCCl)c(C)n1C. The van der Waals surface area contributed by atoms with Gasteiger partial charge in [-0.25, -0.2) is 0 Å². The van der Waals surface area contributed by atoms with E-state index < -0.39 is 0 Å². The van der Waals surface area contributed by atoms with Crippen molar-refractivity contribution in [2.45, 2.75) is 33.1 Å². The Hall–Kier alpha value is -0.760. The quantitative estimate of drug-likeness (QED) is 0.430. The normalized spacial score (nSPS) is 10.7. The van der Waals surface area contributed by atoms with Crippen molar-refractivity contribution in [3.63, 3.8) is 0 Å². The van der Waals surface area contributed by atoms with Crippen molar-refractivity contribution in [3.8, 4) is 0 Å². The first-order valence-electron chi connectivity index (χ1n) is 5.30. The Labute approximate surface area is 96.2 Å². The number of rotatable bonds is 5. The van der Waals surface area contributed by atoms with Gasteiger partial charge in [0.2, 0.25) is 0 Å². The zero-order valence-corrected chi connectivity index (χ0v) is 10.4. The number of hydrogen-bond acceptors (Lipinski definition) is 1. The van der Waals surface area contributed by atoms with Gasteiger partial charge < -0.3 is 4.57 Å². The molecule has 1 heterocycles. The molecular weight excluding hydrogens is 210 g/mol. The molecule has 0 atom stereocenters. The maximum atomic E-state index is 11.8. The second-order valence-electron chi connectivity index (χ2n) is 3.91. The van der Waals surface area contributed by atoms with Crippen LogP contribution in [0.5, 0.6) is 0 Å². The second-order valence-corrected chi connectivity index (χ2v) is 4.29. The van der Waals surface area contributed by atoms with E-state index in [-0.39, 0.29) is 5.78 Å². The van der Waals surface area contributed by atoms with Gasteiger partial charge in [-0.1, -0.05) is 0 Å². The van der Waals surface area contributed by atoms with Gasteiger partial charge in [0.1, 0.15) is 0 Å². The number of unbranched alkanes of at least 4 members (excludes halogenated alkanes) is 1.